The number of fused-ring (bicyclic) bond motifs is 1. The van der Waals surface area contributed by atoms with Crippen molar-refractivity contribution in [2.75, 3.05) is 0 Å². The van der Waals surface area contributed by atoms with Gasteiger partial charge in [-0.1, -0.05) is 0 Å². The average molecular weight is 331 g/mol. The minimum Gasteiger partial charge on any atom is -0.365 e. The predicted molar refractivity (Wildman–Crippen MR) is 68.0 cm³/mol. The number of hydrogen-bond donors (Lipinski definition) is 1. The molecule has 3 rings (SSSR count). The number of nitrogens with two attached hydrogens (primary N) is 1. The molecule has 0 spiro atoms. The van der Waals surface area contributed by atoms with E-state index in [0.29, 0.717) is 5.56 Å². The van der Waals surface area contributed by atoms with Gasteiger partial charge in [0, 0.05) is 6.54 Å². The fraction of sp³-hybridized carbons (Fsp3) is 0.636. The summed E-state index contributed by atoms with van der Waals surface area (Å²) in [7, 11) is 0. The van der Waals surface area contributed by atoms with Crippen molar-refractivity contribution >= 4 is 28.5 Å². The molecular formula is C11H14IN3O. The number of primary amides is 1. The third-order valence-corrected chi connectivity index (χ3v) is 4.46. The minimum absolute atomic E-state index is 0.337. The molecule has 1 atom stereocenters. The van der Waals surface area contributed by atoms with Gasteiger partial charge in [0.15, 0.2) is 0 Å². The zero-order valence-electron chi connectivity index (χ0n) is 8.95. The molecule has 1 amide bonds. The molecule has 1 aromatic rings. The van der Waals surface area contributed by atoms with E-state index in [4.69, 9.17) is 5.73 Å². The zero-order chi connectivity index (χ0) is 11.3. The lowest BCUT2D eigenvalue weighted by atomic mass is 9.92. The fourth-order valence-electron chi connectivity index (χ4n) is 2.70. The van der Waals surface area contributed by atoms with Gasteiger partial charge in [-0.3, -0.25) is 9.48 Å². The van der Waals surface area contributed by atoms with Crippen LogP contribution < -0.4 is 5.73 Å². The molecule has 0 aromatic carbocycles. The molecule has 2 N–H and O–H groups in total. The number of halogens is 1. The van der Waals surface area contributed by atoms with Gasteiger partial charge in [-0.2, -0.15) is 5.10 Å². The third-order valence-electron chi connectivity index (χ3n) is 3.71. The van der Waals surface area contributed by atoms with Crippen LogP contribution in [0.3, 0.4) is 0 Å². The maximum Gasteiger partial charge on any atom is 0.253 e. The van der Waals surface area contributed by atoms with Crippen molar-refractivity contribution in [3.63, 3.8) is 0 Å². The second kappa shape index (κ2) is 3.72. The fourth-order valence-corrected chi connectivity index (χ4v) is 3.54. The van der Waals surface area contributed by atoms with Crippen molar-refractivity contribution in [1.82, 2.24) is 9.78 Å². The Hall–Kier alpha value is -0.590. The largest absolute Gasteiger partial charge is 0.365 e. The third kappa shape index (κ3) is 1.65. The van der Waals surface area contributed by atoms with Crippen LogP contribution in [0.25, 0.3) is 0 Å². The molecular weight excluding hydrogens is 317 g/mol. The van der Waals surface area contributed by atoms with Crippen molar-refractivity contribution in [3.8, 4) is 0 Å². The first kappa shape index (κ1) is 10.6. The number of hydrogen-bond acceptors (Lipinski definition) is 2. The molecule has 1 unspecified atom stereocenters. The Morgan fingerprint density at radius 2 is 2.12 bits per heavy atom. The van der Waals surface area contributed by atoms with Crippen molar-refractivity contribution in [2.45, 2.75) is 32.2 Å². The number of rotatable bonds is 2. The molecule has 1 aromatic heterocycles. The van der Waals surface area contributed by atoms with Gasteiger partial charge in [0.1, 0.15) is 3.70 Å². The van der Waals surface area contributed by atoms with Gasteiger partial charge in [-0.25, -0.2) is 0 Å². The van der Waals surface area contributed by atoms with E-state index in [2.05, 4.69) is 27.7 Å². The van der Waals surface area contributed by atoms with Crippen LogP contribution >= 0.6 is 22.6 Å². The van der Waals surface area contributed by atoms with Crippen molar-refractivity contribution in [2.24, 2.45) is 17.6 Å². The Balaban J connectivity index is 1.94. The Bertz CT molecular complexity index is 450. The highest BCUT2D eigenvalue weighted by atomic mass is 127. The lowest BCUT2D eigenvalue weighted by Gasteiger charge is -2.23. The Kier molecular flexibility index (Phi) is 2.45. The molecule has 2 heterocycles. The highest BCUT2D eigenvalue weighted by molar-refractivity contribution is 14.1. The topological polar surface area (TPSA) is 60.9 Å². The SMILES string of the molecule is NC(=O)c1c(I)nn2c1CCC(C1CC1)C2. The predicted octanol–water partition coefficient (Wildman–Crippen LogP) is 1.56. The molecule has 1 saturated carbocycles. The Morgan fingerprint density at radius 1 is 1.38 bits per heavy atom. The summed E-state index contributed by atoms with van der Waals surface area (Å²) in [6.07, 6.45) is 4.89. The van der Waals surface area contributed by atoms with E-state index in [-0.39, 0.29) is 5.91 Å². The summed E-state index contributed by atoms with van der Waals surface area (Å²) in [6, 6.07) is 0. The molecule has 5 heteroatoms. The van der Waals surface area contributed by atoms with Gasteiger partial charge in [-0.05, 0) is 60.1 Å². The van der Waals surface area contributed by atoms with Crippen LogP contribution in [0.1, 0.15) is 35.3 Å². The molecule has 86 valence electrons. The lowest BCUT2D eigenvalue weighted by Crippen LogP contribution is -2.24. The maximum atomic E-state index is 11.3. The molecule has 0 bridgehead atoms. The van der Waals surface area contributed by atoms with Crippen molar-refractivity contribution in [3.05, 3.63) is 15.0 Å². The number of carbonyl (C=O) groups excluding carboxylic acids is 1. The quantitative estimate of drug-likeness (QED) is 0.836. The van der Waals surface area contributed by atoms with E-state index < -0.39 is 0 Å². The lowest BCUT2D eigenvalue weighted by molar-refractivity contribution is 0.0998. The van der Waals surface area contributed by atoms with E-state index >= 15 is 0 Å². The van der Waals surface area contributed by atoms with Crippen molar-refractivity contribution in [1.29, 1.82) is 0 Å². The summed E-state index contributed by atoms with van der Waals surface area (Å²) in [5.41, 5.74) is 7.09. The van der Waals surface area contributed by atoms with Gasteiger partial charge in [0.05, 0.1) is 11.3 Å². The van der Waals surface area contributed by atoms with Crippen LogP contribution in [0.2, 0.25) is 0 Å². The summed E-state index contributed by atoms with van der Waals surface area (Å²) in [5, 5.41) is 4.44. The summed E-state index contributed by atoms with van der Waals surface area (Å²) in [6.45, 7) is 0.975. The van der Waals surface area contributed by atoms with E-state index in [1.165, 1.54) is 19.3 Å². The highest BCUT2D eigenvalue weighted by Crippen LogP contribution is 2.42. The first-order valence-electron chi connectivity index (χ1n) is 5.72. The molecule has 1 fully saturated rings. The maximum absolute atomic E-state index is 11.3. The Labute approximate surface area is 108 Å². The number of nitrogens with zero attached hydrogens (tertiary/aromatic N) is 2. The zero-order valence-corrected chi connectivity index (χ0v) is 11.1. The number of carbonyl (C=O) groups is 1. The van der Waals surface area contributed by atoms with Crippen LogP contribution in [-0.4, -0.2) is 15.7 Å². The van der Waals surface area contributed by atoms with Gasteiger partial charge in [0.2, 0.25) is 0 Å². The average Bonchev–Trinajstić information content (AvgIpc) is 2.99. The number of amides is 1. The summed E-state index contributed by atoms with van der Waals surface area (Å²) >= 11 is 2.10. The van der Waals surface area contributed by atoms with Gasteiger partial charge in [0.25, 0.3) is 5.91 Å². The molecule has 1 aliphatic carbocycles. The minimum atomic E-state index is -0.337. The van der Waals surface area contributed by atoms with Gasteiger partial charge >= 0.3 is 0 Å². The van der Waals surface area contributed by atoms with Crippen molar-refractivity contribution < 1.29 is 4.79 Å². The van der Waals surface area contributed by atoms with Gasteiger partial charge in [-0.15, -0.1) is 0 Å². The van der Waals surface area contributed by atoms with Crippen LogP contribution in [0.4, 0.5) is 0 Å². The van der Waals surface area contributed by atoms with Crippen LogP contribution in [0, 0.1) is 15.5 Å². The second-order valence-electron chi connectivity index (χ2n) is 4.80. The molecule has 2 aliphatic rings. The second-order valence-corrected chi connectivity index (χ2v) is 5.82. The molecule has 16 heavy (non-hydrogen) atoms. The van der Waals surface area contributed by atoms with E-state index in [1.807, 2.05) is 4.68 Å². The normalized spacial score (nSPS) is 24.2. The van der Waals surface area contributed by atoms with E-state index in [0.717, 1.165) is 34.2 Å². The molecule has 0 saturated heterocycles. The van der Waals surface area contributed by atoms with Crippen LogP contribution in [0.5, 0.6) is 0 Å². The summed E-state index contributed by atoms with van der Waals surface area (Å²) in [5.74, 6) is 1.34. The smallest absolute Gasteiger partial charge is 0.253 e. The highest BCUT2D eigenvalue weighted by Gasteiger charge is 2.35. The number of aromatic nitrogens is 2. The summed E-state index contributed by atoms with van der Waals surface area (Å²) < 4.78 is 2.77. The standard InChI is InChI=1S/C11H14IN3O/c12-10-9(11(13)16)8-4-3-7(6-1-2-6)5-15(8)14-10/h6-7H,1-5H2,(H2,13,16). The van der Waals surface area contributed by atoms with E-state index in [1.54, 1.807) is 0 Å². The van der Waals surface area contributed by atoms with Gasteiger partial charge < -0.3 is 5.73 Å². The molecule has 1 aliphatic heterocycles. The molecule has 0 radical (unpaired) electrons. The van der Waals surface area contributed by atoms with Crippen LogP contribution in [-0.2, 0) is 13.0 Å². The first-order valence-corrected chi connectivity index (χ1v) is 6.79. The first-order chi connectivity index (χ1) is 7.66. The monoisotopic (exact) mass is 331 g/mol. The van der Waals surface area contributed by atoms with E-state index in [9.17, 15) is 4.79 Å². The summed E-state index contributed by atoms with van der Waals surface area (Å²) in [4.78, 5) is 11.3. The molecule has 4 nitrogen and oxygen atoms in total. The van der Waals surface area contributed by atoms with Crippen LogP contribution in [0.15, 0.2) is 0 Å². The Morgan fingerprint density at radius 3 is 2.75 bits per heavy atom.